The number of rotatable bonds is 3. The van der Waals surface area contributed by atoms with Gasteiger partial charge in [-0.1, -0.05) is 0 Å². The minimum Gasteiger partial charge on any atom is -0.329 e. The van der Waals surface area contributed by atoms with E-state index in [9.17, 15) is 8.42 Å². The minimum absolute atomic E-state index is 0.269. The molecular formula is C10H21N3O2S. The van der Waals surface area contributed by atoms with Gasteiger partial charge in [-0.05, 0) is 6.42 Å². The largest absolute Gasteiger partial charge is 0.329 e. The molecule has 0 aromatic carbocycles. The Bertz CT molecular complexity index is 323. The van der Waals surface area contributed by atoms with Gasteiger partial charge >= 0.3 is 0 Å². The molecular weight excluding hydrogens is 226 g/mol. The lowest BCUT2D eigenvalue weighted by molar-refractivity contribution is 0.107. The van der Waals surface area contributed by atoms with Crippen molar-refractivity contribution in [2.75, 3.05) is 50.8 Å². The van der Waals surface area contributed by atoms with Crippen LogP contribution in [0.3, 0.4) is 0 Å². The van der Waals surface area contributed by atoms with Gasteiger partial charge < -0.3 is 5.73 Å². The molecule has 0 aromatic rings. The van der Waals surface area contributed by atoms with Crippen molar-refractivity contribution in [2.45, 2.75) is 12.5 Å². The maximum atomic E-state index is 11.4. The molecule has 2 rings (SSSR count). The molecule has 0 amide bonds. The quantitative estimate of drug-likeness (QED) is 0.675. The highest BCUT2D eigenvalue weighted by molar-refractivity contribution is 7.91. The zero-order chi connectivity index (χ0) is 11.6. The first-order valence-electron chi connectivity index (χ1n) is 5.97. The van der Waals surface area contributed by atoms with Gasteiger partial charge in [-0.25, -0.2) is 8.42 Å². The molecule has 6 heteroatoms. The summed E-state index contributed by atoms with van der Waals surface area (Å²) in [5.74, 6) is 0.741. The lowest BCUT2D eigenvalue weighted by Gasteiger charge is -2.37. The van der Waals surface area contributed by atoms with Crippen LogP contribution in [0.25, 0.3) is 0 Å². The van der Waals surface area contributed by atoms with Crippen LogP contribution in [0.4, 0.5) is 0 Å². The number of nitrogens with zero attached hydrogens (tertiary/aromatic N) is 2. The Balaban J connectivity index is 1.81. The monoisotopic (exact) mass is 247 g/mol. The Labute approximate surface area is 97.5 Å². The Kier molecular flexibility index (Phi) is 3.84. The third kappa shape index (κ3) is 2.94. The first-order chi connectivity index (χ1) is 7.61. The molecule has 0 bridgehead atoms. The molecule has 5 nitrogen and oxygen atoms in total. The van der Waals surface area contributed by atoms with Gasteiger partial charge in [-0.2, -0.15) is 0 Å². The normalized spacial score (nSPS) is 31.9. The molecule has 0 aliphatic carbocycles. The summed E-state index contributed by atoms with van der Waals surface area (Å²) in [5.41, 5.74) is 5.52. The predicted molar refractivity (Wildman–Crippen MR) is 64.1 cm³/mol. The van der Waals surface area contributed by atoms with Crippen molar-refractivity contribution in [3.05, 3.63) is 0 Å². The van der Waals surface area contributed by atoms with Crippen LogP contribution in [0.15, 0.2) is 0 Å². The SMILES string of the molecule is NCCN1CCN(C2CCS(=O)(=O)C2)CC1. The van der Waals surface area contributed by atoms with Gasteiger partial charge in [0.25, 0.3) is 0 Å². The van der Waals surface area contributed by atoms with Crippen LogP contribution in [0, 0.1) is 0 Å². The maximum absolute atomic E-state index is 11.4. The van der Waals surface area contributed by atoms with Crippen LogP contribution < -0.4 is 5.73 Å². The van der Waals surface area contributed by atoms with Crippen LogP contribution in [-0.4, -0.2) is 75.0 Å². The van der Waals surface area contributed by atoms with Crippen LogP contribution in [0.2, 0.25) is 0 Å². The van der Waals surface area contributed by atoms with Gasteiger partial charge in [0.15, 0.2) is 9.84 Å². The van der Waals surface area contributed by atoms with Crippen molar-refractivity contribution in [2.24, 2.45) is 5.73 Å². The molecule has 2 N–H and O–H groups in total. The van der Waals surface area contributed by atoms with Gasteiger partial charge in [-0.3, -0.25) is 9.80 Å². The molecule has 16 heavy (non-hydrogen) atoms. The van der Waals surface area contributed by atoms with E-state index in [0.717, 1.165) is 39.1 Å². The standard InChI is InChI=1S/C10H21N3O2S/c11-2-3-12-4-6-13(7-5-12)10-1-8-16(14,15)9-10/h10H,1-9,11H2. The highest BCUT2D eigenvalue weighted by atomic mass is 32.2. The van der Waals surface area contributed by atoms with Crippen LogP contribution in [0.5, 0.6) is 0 Å². The molecule has 0 radical (unpaired) electrons. The zero-order valence-corrected chi connectivity index (χ0v) is 10.5. The molecule has 0 aromatic heterocycles. The van der Waals surface area contributed by atoms with Crippen molar-refractivity contribution in [3.8, 4) is 0 Å². The van der Waals surface area contributed by atoms with E-state index in [4.69, 9.17) is 5.73 Å². The predicted octanol–water partition coefficient (Wildman–Crippen LogP) is -1.25. The fourth-order valence-corrected chi connectivity index (χ4v) is 4.36. The first kappa shape index (κ1) is 12.3. The minimum atomic E-state index is -2.74. The van der Waals surface area contributed by atoms with Crippen LogP contribution in [0.1, 0.15) is 6.42 Å². The molecule has 1 unspecified atom stereocenters. The second kappa shape index (κ2) is 5.00. The van der Waals surface area contributed by atoms with E-state index in [0.29, 0.717) is 18.1 Å². The molecule has 1 atom stereocenters. The molecule has 94 valence electrons. The number of hydrogen-bond acceptors (Lipinski definition) is 5. The fourth-order valence-electron chi connectivity index (χ4n) is 2.60. The molecule has 2 aliphatic rings. The smallest absolute Gasteiger partial charge is 0.151 e. The Morgan fingerprint density at radius 3 is 2.38 bits per heavy atom. The van der Waals surface area contributed by atoms with E-state index in [1.165, 1.54) is 0 Å². The lowest BCUT2D eigenvalue weighted by Crippen LogP contribution is -2.51. The topological polar surface area (TPSA) is 66.6 Å². The van der Waals surface area contributed by atoms with Crippen molar-refractivity contribution >= 4 is 9.84 Å². The fraction of sp³-hybridized carbons (Fsp3) is 1.00. The summed E-state index contributed by atoms with van der Waals surface area (Å²) in [6.07, 6.45) is 0.819. The van der Waals surface area contributed by atoms with Crippen LogP contribution in [-0.2, 0) is 9.84 Å². The lowest BCUT2D eigenvalue weighted by atomic mass is 10.2. The third-order valence-electron chi connectivity index (χ3n) is 3.58. The van der Waals surface area contributed by atoms with Gasteiger partial charge in [-0.15, -0.1) is 0 Å². The molecule has 2 fully saturated rings. The summed E-state index contributed by atoms with van der Waals surface area (Å²) < 4.78 is 22.8. The third-order valence-corrected chi connectivity index (χ3v) is 5.33. The van der Waals surface area contributed by atoms with Gasteiger partial charge in [0.2, 0.25) is 0 Å². The number of sulfone groups is 1. The van der Waals surface area contributed by atoms with E-state index >= 15 is 0 Å². The first-order valence-corrected chi connectivity index (χ1v) is 7.80. The maximum Gasteiger partial charge on any atom is 0.151 e. The molecule has 2 aliphatic heterocycles. The van der Waals surface area contributed by atoms with E-state index in [1.54, 1.807) is 0 Å². The molecule has 0 spiro atoms. The highest BCUT2D eigenvalue weighted by Crippen LogP contribution is 2.18. The van der Waals surface area contributed by atoms with E-state index in [-0.39, 0.29) is 6.04 Å². The van der Waals surface area contributed by atoms with Crippen molar-refractivity contribution in [1.29, 1.82) is 0 Å². The number of hydrogen-bond donors (Lipinski definition) is 1. The van der Waals surface area contributed by atoms with E-state index in [2.05, 4.69) is 9.80 Å². The summed E-state index contributed by atoms with van der Waals surface area (Å²) in [6, 6.07) is 0.269. The van der Waals surface area contributed by atoms with Gasteiger partial charge in [0, 0.05) is 45.3 Å². The van der Waals surface area contributed by atoms with Gasteiger partial charge in [0.1, 0.15) is 0 Å². The van der Waals surface area contributed by atoms with Crippen molar-refractivity contribution < 1.29 is 8.42 Å². The molecule has 2 saturated heterocycles. The van der Waals surface area contributed by atoms with E-state index in [1.807, 2.05) is 0 Å². The number of piperazine rings is 1. The van der Waals surface area contributed by atoms with Gasteiger partial charge in [0.05, 0.1) is 11.5 Å². The second-order valence-electron chi connectivity index (χ2n) is 4.72. The molecule has 0 saturated carbocycles. The van der Waals surface area contributed by atoms with Crippen molar-refractivity contribution in [1.82, 2.24) is 9.80 Å². The summed E-state index contributed by atoms with van der Waals surface area (Å²) in [4.78, 5) is 4.68. The molecule has 2 heterocycles. The number of nitrogens with two attached hydrogens (primary N) is 1. The van der Waals surface area contributed by atoms with Crippen LogP contribution >= 0.6 is 0 Å². The summed E-state index contributed by atoms with van der Waals surface area (Å²) in [7, 11) is -2.74. The van der Waals surface area contributed by atoms with Crippen molar-refractivity contribution in [3.63, 3.8) is 0 Å². The summed E-state index contributed by atoms with van der Waals surface area (Å²) >= 11 is 0. The zero-order valence-electron chi connectivity index (χ0n) is 9.64. The highest BCUT2D eigenvalue weighted by Gasteiger charge is 2.33. The summed E-state index contributed by atoms with van der Waals surface area (Å²) in [6.45, 7) is 5.68. The average Bonchev–Trinajstić information content (AvgIpc) is 2.61. The Morgan fingerprint density at radius 2 is 1.88 bits per heavy atom. The Morgan fingerprint density at radius 1 is 1.19 bits per heavy atom. The second-order valence-corrected chi connectivity index (χ2v) is 6.95. The summed E-state index contributed by atoms with van der Waals surface area (Å²) in [5, 5.41) is 0. The Hall–Kier alpha value is -0.170. The average molecular weight is 247 g/mol. The van der Waals surface area contributed by atoms with E-state index < -0.39 is 9.84 Å².